The Hall–Kier alpha value is -2.58. The molecule has 1 N–H and O–H groups in total. The summed E-state index contributed by atoms with van der Waals surface area (Å²) in [5.74, 6) is -0.441. The van der Waals surface area contributed by atoms with E-state index in [0.29, 0.717) is 5.02 Å². The largest absolute Gasteiger partial charge is 0.325 e. The molecule has 1 amide bonds. The van der Waals surface area contributed by atoms with Crippen LogP contribution in [0, 0.1) is 6.92 Å². The first-order valence-electron chi connectivity index (χ1n) is 7.82. The lowest BCUT2D eigenvalue weighted by Crippen LogP contribution is -2.22. The lowest BCUT2D eigenvalue weighted by molar-refractivity contribution is -0.116. The van der Waals surface area contributed by atoms with Crippen LogP contribution in [0.3, 0.4) is 0 Å². The van der Waals surface area contributed by atoms with Crippen molar-refractivity contribution in [3.63, 3.8) is 0 Å². The van der Waals surface area contributed by atoms with Gasteiger partial charge in [0.15, 0.2) is 0 Å². The summed E-state index contributed by atoms with van der Waals surface area (Å²) in [6.45, 7) is 1.90. The third kappa shape index (κ3) is 3.50. The van der Waals surface area contributed by atoms with Crippen LogP contribution in [-0.2, 0) is 4.79 Å². The van der Waals surface area contributed by atoms with Crippen LogP contribution in [0.1, 0.15) is 22.6 Å². The van der Waals surface area contributed by atoms with E-state index in [1.54, 1.807) is 0 Å². The highest BCUT2D eigenvalue weighted by molar-refractivity contribution is 6.31. The third-order valence-electron chi connectivity index (χ3n) is 4.05. The van der Waals surface area contributed by atoms with E-state index in [2.05, 4.69) is 5.32 Å². The van der Waals surface area contributed by atoms with Crippen molar-refractivity contribution < 1.29 is 4.79 Å². The average molecular weight is 336 g/mol. The zero-order valence-corrected chi connectivity index (χ0v) is 14.1. The quantitative estimate of drug-likeness (QED) is 0.677. The highest BCUT2D eigenvalue weighted by Gasteiger charge is 2.23. The van der Waals surface area contributed by atoms with Gasteiger partial charge in [-0.1, -0.05) is 78.3 Å². The van der Waals surface area contributed by atoms with E-state index in [9.17, 15) is 4.79 Å². The summed E-state index contributed by atoms with van der Waals surface area (Å²) in [6.07, 6.45) is 0. The Labute approximate surface area is 147 Å². The van der Waals surface area contributed by atoms with Crippen LogP contribution in [-0.4, -0.2) is 5.91 Å². The highest BCUT2D eigenvalue weighted by Crippen LogP contribution is 2.28. The summed E-state index contributed by atoms with van der Waals surface area (Å²) >= 11 is 6.16. The van der Waals surface area contributed by atoms with Gasteiger partial charge in [-0.15, -0.1) is 0 Å². The Kier molecular flexibility index (Phi) is 4.97. The molecule has 0 atom stereocenters. The lowest BCUT2D eigenvalue weighted by atomic mass is 9.90. The van der Waals surface area contributed by atoms with Crippen molar-refractivity contribution in [2.45, 2.75) is 12.8 Å². The molecule has 0 bridgehead atoms. The van der Waals surface area contributed by atoms with Gasteiger partial charge in [-0.2, -0.15) is 0 Å². The third-order valence-corrected chi connectivity index (χ3v) is 4.46. The summed E-state index contributed by atoms with van der Waals surface area (Å²) in [7, 11) is 0. The van der Waals surface area contributed by atoms with E-state index in [4.69, 9.17) is 11.6 Å². The molecule has 3 aromatic carbocycles. The Balaban J connectivity index is 1.97. The molecule has 0 saturated carbocycles. The molecule has 0 aliphatic rings. The predicted molar refractivity (Wildman–Crippen MR) is 99.5 cm³/mol. The minimum Gasteiger partial charge on any atom is -0.325 e. The van der Waals surface area contributed by atoms with E-state index in [1.807, 2.05) is 85.8 Å². The number of benzene rings is 3. The van der Waals surface area contributed by atoms with Crippen molar-refractivity contribution >= 4 is 23.2 Å². The van der Waals surface area contributed by atoms with Gasteiger partial charge in [0, 0.05) is 10.7 Å². The number of anilines is 1. The molecule has 120 valence electrons. The summed E-state index contributed by atoms with van der Waals surface area (Å²) < 4.78 is 0. The van der Waals surface area contributed by atoms with Crippen LogP contribution >= 0.6 is 11.6 Å². The maximum Gasteiger partial charge on any atom is 0.236 e. The van der Waals surface area contributed by atoms with E-state index >= 15 is 0 Å². The minimum absolute atomic E-state index is 0.0715. The second-order valence-corrected chi connectivity index (χ2v) is 6.06. The monoisotopic (exact) mass is 335 g/mol. The van der Waals surface area contributed by atoms with E-state index < -0.39 is 0 Å². The number of amides is 1. The lowest BCUT2D eigenvalue weighted by Gasteiger charge is -2.19. The van der Waals surface area contributed by atoms with Gasteiger partial charge < -0.3 is 5.32 Å². The molecule has 0 fully saturated rings. The molecule has 0 unspecified atom stereocenters. The summed E-state index contributed by atoms with van der Waals surface area (Å²) in [6, 6.07) is 25.1. The summed E-state index contributed by atoms with van der Waals surface area (Å²) in [5.41, 5.74) is 3.53. The van der Waals surface area contributed by atoms with Gasteiger partial charge in [0.25, 0.3) is 0 Å². The molecule has 0 aliphatic heterocycles. The van der Waals surface area contributed by atoms with Crippen LogP contribution < -0.4 is 5.32 Å². The van der Waals surface area contributed by atoms with Gasteiger partial charge in [0.05, 0.1) is 5.92 Å². The van der Waals surface area contributed by atoms with Crippen molar-refractivity contribution in [1.29, 1.82) is 0 Å². The Morgan fingerprint density at radius 2 is 1.38 bits per heavy atom. The maximum atomic E-state index is 13.0. The zero-order chi connectivity index (χ0) is 16.9. The Morgan fingerprint density at radius 3 is 1.92 bits per heavy atom. The molecule has 0 spiro atoms. The first kappa shape index (κ1) is 16.3. The van der Waals surface area contributed by atoms with E-state index in [1.165, 1.54) is 0 Å². The average Bonchev–Trinajstić information content (AvgIpc) is 2.61. The summed E-state index contributed by atoms with van der Waals surface area (Å²) in [5, 5.41) is 3.67. The van der Waals surface area contributed by atoms with Crippen LogP contribution in [0.15, 0.2) is 78.9 Å². The molecule has 3 aromatic rings. The number of nitrogens with one attached hydrogen (secondary N) is 1. The molecule has 3 heteroatoms. The van der Waals surface area contributed by atoms with Crippen LogP contribution in [0.2, 0.25) is 5.02 Å². The zero-order valence-electron chi connectivity index (χ0n) is 13.4. The molecule has 3 rings (SSSR count). The van der Waals surface area contributed by atoms with Gasteiger partial charge in [0.1, 0.15) is 0 Å². The molecular formula is C21H18ClNO. The van der Waals surface area contributed by atoms with Gasteiger partial charge in [0.2, 0.25) is 5.91 Å². The fourth-order valence-electron chi connectivity index (χ4n) is 2.73. The first-order valence-corrected chi connectivity index (χ1v) is 8.20. The number of halogens is 1. The molecule has 0 aromatic heterocycles. The normalized spacial score (nSPS) is 10.6. The number of carbonyl (C=O) groups excluding carboxylic acids is 1. The summed E-state index contributed by atoms with van der Waals surface area (Å²) in [4.78, 5) is 13.0. The predicted octanol–water partition coefficient (Wildman–Crippen LogP) is 5.42. The van der Waals surface area contributed by atoms with Gasteiger partial charge in [-0.05, 0) is 35.7 Å². The van der Waals surface area contributed by atoms with E-state index in [0.717, 1.165) is 22.4 Å². The molecule has 0 heterocycles. The Bertz CT molecular complexity index is 791. The van der Waals surface area contributed by atoms with Crippen molar-refractivity contribution in [2.75, 3.05) is 5.32 Å². The number of hydrogen-bond acceptors (Lipinski definition) is 1. The number of rotatable bonds is 4. The number of hydrogen-bond donors (Lipinski definition) is 1. The minimum atomic E-state index is -0.370. The van der Waals surface area contributed by atoms with Crippen molar-refractivity contribution in [1.82, 2.24) is 0 Å². The van der Waals surface area contributed by atoms with Crippen LogP contribution in [0.4, 0.5) is 5.69 Å². The molecule has 2 nitrogen and oxygen atoms in total. The Morgan fingerprint density at radius 1 is 0.833 bits per heavy atom. The fourth-order valence-corrected chi connectivity index (χ4v) is 2.91. The van der Waals surface area contributed by atoms with Gasteiger partial charge in [-0.25, -0.2) is 0 Å². The number of carbonyl (C=O) groups is 1. The van der Waals surface area contributed by atoms with Crippen molar-refractivity contribution in [3.8, 4) is 0 Å². The fraction of sp³-hybridized carbons (Fsp3) is 0.0952. The van der Waals surface area contributed by atoms with Gasteiger partial charge >= 0.3 is 0 Å². The van der Waals surface area contributed by atoms with Crippen molar-refractivity contribution in [3.05, 3.63) is 101 Å². The highest BCUT2D eigenvalue weighted by atomic mass is 35.5. The van der Waals surface area contributed by atoms with Gasteiger partial charge in [-0.3, -0.25) is 4.79 Å². The molecule has 0 saturated heterocycles. The van der Waals surface area contributed by atoms with E-state index in [-0.39, 0.29) is 11.8 Å². The second kappa shape index (κ2) is 7.33. The second-order valence-electron chi connectivity index (χ2n) is 5.66. The standard InChI is InChI=1S/C21H18ClNO/c1-15-18(22)13-8-14-19(15)23-21(24)20(16-9-4-2-5-10-16)17-11-6-3-7-12-17/h2-14,20H,1H3,(H,23,24). The van der Waals surface area contributed by atoms with Crippen molar-refractivity contribution in [2.24, 2.45) is 0 Å². The molecular weight excluding hydrogens is 318 g/mol. The van der Waals surface area contributed by atoms with Crippen LogP contribution in [0.5, 0.6) is 0 Å². The topological polar surface area (TPSA) is 29.1 Å². The molecule has 0 aliphatic carbocycles. The maximum absolute atomic E-state index is 13.0. The van der Waals surface area contributed by atoms with Crippen LogP contribution in [0.25, 0.3) is 0 Å². The smallest absolute Gasteiger partial charge is 0.236 e. The SMILES string of the molecule is Cc1c(Cl)cccc1NC(=O)C(c1ccccc1)c1ccccc1. The molecule has 0 radical (unpaired) electrons. The first-order chi connectivity index (χ1) is 11.7. The molecule has 24 heavy (non-hydrogen) atoms.